The van der Waals surface area contributed by atoms with Crippen LogP contribution in [0.1, 0.15) is 24.2 Å². The molecule has 0 spiro atoms. The van der Waals surface area contributed by atoms with E-state index in [2.05, 4.69) is 4.90 Å². The van der Waals surface area contributed by atoms with Crippen LogP contribution in [-0.4, -0.2) is 36.4 Å². The number of morpholine rings is 1. The van der Waals surface area contributed by atoms with Gasteiger partial charge in [-0.15, -0.1) is 0 Å². The molecule has 92 valence electrons. The van der Waals surface area contributed by atoms with E-state index in [0.29, 0.717) is 5.56 Å². The monoisotopic (exact) mass is 235 g/mol. The number of aromatic carboxylic acids is 1. The topological polar surface area (TPSA) is 49.8 Å². The van der Waals surface area contributed by atoms with Gasteiger partial charge in [0.05, 0.1) is 23.5 Å². The average molecular weight is 235 g/mol. The molecule has 2 unspecified atom stereocenters. The number of carboxylic acid groups (broad SMARTS) is 1. The highest BCUT2D eigenvalue weighted by Crippen LogP contribution is 2.24. The van der Waals surface area contributed by atoms with E-state index >= 15 is 0 Å². The lowest BCUT2D eigenvalue weighted by Crippen LogP contribution is -2.46. The van der Waals surface area contributed by atoms with Crippen LogP contribution >= 0.6 is 0 Å². The molecular weight excluding hydrogens is 218 g/mol. The molecule has 2 rings (SSSR count). The Balaban J connectivity index is 2.30. The Morgan fingerprint density at radius 2 is 1.88 bits per heavy atom. The standard InChI is InChI=1S/C13H17NO3/c1-9-7-14(8-10(2)17-9)12-6-4-3-5-11(12)13(15)16/h3-6,9-10H,7-8H2,1-2H3,(H,15,16). The highest BCUT2D eigenvalue weighted by molar-refractivity contribution is 5.94. The first-order valence-corrected chi connectivity index (χ1v) is 5.80. The minimum Gasteiger partial charge on any atom is -0.478 e. The van der Waals surface area contributed by atoms with E-state index in [-0.39, 0.29) is 12.2 Å². The maximum Gasteiger partial charge on any atom is 0.337 e. The summed E-state index contributed by atoms with van der Waals surface area (Å²) in [7, 11) is 0. The van der Waals surface area contributed by atoms with Gasteiger partial charge in [-0.05, 0) is 26.0 Å². The third-order valence-electron chi connectivity index (χ3n) is 2.89. The summed E-state index contributed by atoms with van der Waals surface area (Å²) < 4.78 is 5.65. The third-order valence-corrected chi connectivity index (χ3v) is 2.89. The number of carboxylic acids is 1. The highest BCUT2D eigenvalue weighted by Gasteiger charge is 2.24. The number of hydrogen-bond donors (Lipinski definition) is 1. The molecule has 1 aliphatic rings. The van der Waals surface area contributed by atoms with E-state index in [1.165, 1.54) is 0 Å². The molecule has 0 amide bonds. The van der Waals surface area contributed by atoms with Crippen LogP contribution in [-0.2, 0) is 4.74 Å². The molecule has 0 saturated carbocycles. The first kappa shape index (κ1) is 11.9. The van der Waals surface area contributed by atoms with Crippen LogP contribution < -0.4 is 4.90 Å². The summed E-state index contributed by atoms with van der Waals surface area (Å²) in [5.74, 6) is -0.882. The van der Waals surface area contributed by atoms with Crippen molar-refractivity contribution >= 4 is 11.7 Å². The summed E-state index contributed by atoms with van der Waals surface area (Å²) in [4.78, 5) is 13.3. The van der Waals surface area contributed by atoms with Crippen LogP contribution in [0.5, 0.6) is 0 Å². The van der Waals surface area contributed by atoms with E-state index < -0.39 is 5.97 Å². The minimum atomic E-state index is -0.882. The molecule has 0 aromatic heterocycles. The molecule has 4 nitrogen and oxygen atoms in total. The fourth-order valence-corrected chi connectivity index (χ4v) is 2.30. The predicted octanol–water partition coefficient (Wildman–Crippen LogP) is 2.00. The largest absolute Gasteiger partial charge is 0.478 e. The molecule has 0 aliphatic carbocycles. The van der Waals surface area contributed by atoms with Gasteiger partial charge in [-0.3, -0.25) is 0 Å². The van der Waals surface area contributed by atoms with E-state index in [4.69, 9.17) is 4.74 Å². The van der Waals surface area contributed by atoms with Crippen molar-refractivity contribution in [3.8, 4) is 0 Å². The van der Waals surface area contributed by atoms with Gasteiger partial charge in [-0.1, -0.05) is 12.1 Å². The van der Waals surface area contributed by atoms with Crippen molar-refractivity contribution in [2.24, 2.45) is 0 Å². The van der Waals surface area contributed by atoms with Gasteiger partial charge in [0.25, 0.3) is 0 Å². The molecule has 0 bridgehead atoms. The van der Waals surface area contributed by atoms with Crippen molar-refractivity contribution in [1.82, 2.24) is 0 Å². The zero-order valence-electron chi connectivity index (χ0n) is 10.1. The quantitative estimate of drug-likeness (QED) is 0.851. The molecule has 1 N–H and O–H groups in total. The van der Waals surface area contributed by atoms with Crippen molar-refractivity contribution < 1.29 is 14.6 Å². The summed E-state index contributed by atoms with van der Waals surface area (Å²) in [5, 5.41) is 9.17. The van der Waals surface area contributed by atoms with E-state index in [1.54, 1.807) is 12.1 Å². The van der Waals surface area contributed by atoms with Crippen LogP contribution in [0.4, 0.5) is 5.69 Å². The second kappa shape index (κ2) is 4.75. The number of anilines is 1. The van der Waals surface area contributed by atoms with Crippen molar-refractivity contribution in [2.75, 3.05) is 18.0 Å². The molecule has 2 atom stereocenters. The van der Waals surface area contributed by atoms with Crippen LogP contribution in [0, 0.1) is 0 Å². The molecule has 1 aromatic carbocycles. The smallest absolute Gasteiger partial charge is 0.337 e. The number of ether oxygens (including phenoxy) is 1. The first-order chi connectivity index (χ1) is 8.08. The molecule has 1 fully saturated rings. The first-order valence-electron chi connectivity index (χ1n) is 5.80. The summed E-state index contributed by atoms with van der Waals surface area (Å²) >= 11 is 0. The highest BCUT2D eigenvalue weighted by atomic mass is 16.5. The Labute approximate surface area is 101 Å². The van der Waals surface area contributed by atoms with Crippen LogP contribution in [0.3, 0.4) is 0 Å². The molecule has 1 saturated heterocycles. The molecule has 17 heavy (non-hydrogen) atoms. The van der Waals surface area contributed by atoms with Crippen LogP contribution in [0.2, 0.25) is 0 Å². The number of benzene rings is 1. The number of carbonyl (C=O) groups is 1. The van der Waals surface area contributed by atoms with Gasteiger partial charge in [0.15, 0.2) is 0 Å². The molecular formula is C13H17NO3. The molecule has 1 heterocycles. The lowest BCUT2D eigenvalue weighted by Gasteiger charge is -2.37. The van der Waals surface area contributed by atoms with Crippen LogP contribution in [0.15, 0.2) is 24.3 Å². The summed E-state index contributed by atoms with van der Waals surface area (Å²) in [6.45, 7) is 5.47. The number of nitrogens with zero attached hydrogens (tertiary/aromatic N) is 1. The lowest BCUT2D eigenvalue weighted by atomic mass is 10.1. The molecule has 0 radical (unpaired) electrons. The zero-order chi connectivity index (χ0) is 12.4. The summed E-state index contributed by atoms with van der Waals surface area (Å²) in [5.41, 5.74) is 1.14. The maximum atomic E-state index is 11.2. The fourth-order valence-electron chi connectivity index (χ4n) is 2.30. The second-order valence-electron chi connectivity index (χ2n) is 4.48. The van der Waals surface area contributed by atoms with Crippen molar-refractivity contribution in [2.45, 2.75) is 26.1 Å². The van der Waals surface area contributed by atoms with E-state index in [9.17, 15) is 9.90 Å². The van der Waals surface area contributed by atoms with E-state index in [1.807, 2.05) is 26.0 Å². The van der Waals surface area contributed by atoms with Gasteiger partial charge in [-0.25, -0.2) is 4.79 Å². The Morgan fingerprint density at radius 3 is 2.47 bits per heavy atom. The molecule has 1 aromatic rings. The van der Waals surface area contributed by atoms with Crippen LogP contribution in [0.25, 0.3) is 0 Å². The molecule has 4 heteroatoms. The van der Waals surface area contributed by atoms with Gasteiger partial charge >= 0.3 is 5.97 Å². The van der Waals surface area contributed by atoms with Gasteiger partial charge < -0.3 is 14.7 Å². The normalized spacial score (nSPS) is 24.7. The Morgan fingerprint density at radius 1 is 1.29 bits per heavy atom. The van der Waals surface area contributed by atoms with Gasteiger partial charge in [0.1, 0.15) is 0 Å². The Kier molecular flexibility index (Phi) is 3.33. The van der Waals surface area contributed by atoms with Gasteiger partial charge in [-0.2, -0.15) is 0 Å². The summed E-state index contributed by atoms with van der Waals surface area (Å²) in [6.07, 6.45) is 0.251. The SMILES string of the molecule is CC1CN(c2ccccc2C(=O)O)CC(C)O1. The fraction of sp³-hybridized carbons (Fsp3) is 0.462. The number of hydrogen-bond acceptors (Lipinski definition) is 3. The third kappa shape index (κ3) is 2.58. The van der Waals surface area contributed by atoms with Crippen molar-refractivity contribution in [1.29, 1.82) is 0 Å². The Hall–Kier alpha value is -1.55. The number of rotatable bonds is 2. The van der Waals surface area contributed by atoms with Gasteiger partial charge in [0, 0.05) is 13.1 Å². The summed E-state index contributed by atoms with van der Waals surface area (Å²) in [6, 6.07) is 7.11. The van der Waals surface area contributed by atoms with E-state index in [0.717, 1.165) is 18.8 Å². The zero-order valence-corrected chi connectivity index (χ0v) is 10.1. The molecule has 1 aliphatic heterocycles. The predicted molar refractivity (Wildman–Crippen MR) is 65.6 cm³/mol. The lowest BCUT2D eigenvalue weighted by molar-refractivity contribution is -0.00531. The maximum absolute atomic E-state index is 11.2. The van der Waals surface area contributed by atoms with Gasteiger partial charge in [0.2, 0.25) is 0 Å². The Bertz CT molecular complexity index is 409. The van der Waals surface area contributed by atoms with Crippen molar-refractivity contribution in [3.05, 3.63) is 29.8 Å². The number of para-hydroxylation sites is 1. The minimum absolute atomic E-state index is 0.126. The van der Waals surface area contributed by atoms with Crippen molar-refractivity contribution in [3.63, 3.8) is 0 Å². The average Bonchev–Trinajstić information content (AvgIpc) is 2.27. The second-order valence-corrected chi connectivity index (χ2v) is 4.48.